The van der Waals surface area contributed by atoms with Gasteiger partial charge in [0.05, 0.1) is 12.2 Å². The third-order valence-electron chi connectivity index (χ3n) is 2.47. The van der Waals surface area contributed by atoms with Gasteiger partial charge in [0.2, 0.25) is 0 Å². The first-order chi connectivity index (χ1) is 8.29. The fourth-order valence-electron chi connectivity index (χ4n) is 1.62. The molecule has 0 spiro atoms. The fraction of sp³-hybridized carbons (Fsp3) is 0.167. The number of nitrogens with zero attached hydrogens (tertiary/aromatic N) is 2. The van der Waals surface area contributed by atoms with Gasteiger partial charge in [-0.3, -0.25) is 21.2 Å². The predicted molar refractivity (Wildman–Crippen MR) is 62.2 cm³/mol. The Morgan fingerprint density at radius 2 is 2.24 bits per heavy atom. The summed E-state index contributed by atoms with van der Waals surface area (Å²) in [5.74, 6) is 5.10. The van der Waals surface area contributed by atoms with Crippen LogP contribution in [0.2, 0.25) is 0 Å². The number of hydrazine groups is 1. The number of hydrogen-bond acceptors (Lipinski definition) is 4. The molecule has 2 aromatic heterocycles. The summed E-state index contributed by atoms with van der Waals surface area (Å²) in [5.41, 5.74) is 4.24. The summed E-state index contributed by atoms with van der Waals surface area (Å²) in [5, 5.41) is 0. The van der Waals surface area contributed by atoms with Crippen molar-refractivity contribution in [1.82, 2.24) is 15.4 Å². The highest BCUT2D eigenvalue weighted by Crippen LogP contribution is 2.16. The summed E-state index contributed by atoms with van der Waals surface area (Å²) >= 11 is 0. The molecule has 5 heteroatoms. The van der Waals surface area contributed by atoms with Crippen molar-refractivity contribution in [2.45, 2.75) is 12.5 Å². The van der Waals surface area contributed by atoms with Gasteiger partial charge in [-0.2, -0.15) is 0 Å². The van der Waals surface area contributed by atoms with Crippen LogP contribution in [0.15, 0.2) is 42.9 Å². The van der Waals surface area contributed by atoms with E-state index in [-0.39, 0.29) is 11.9 Å². The lowest BCUT2D eigenvalue weighted by Gasteiger charge is -2.15. The lowest BCUT2D eigenvalue weighted by Crippen LogP contribution is -2.30. The maximum atomic E-state index is 13.1. The summed E-state index contributed by atoms with van der Waals surface area (Å²) in [6.07, 6.45) is 5.06. The molecule has 0 amide bonds. The van der Waals surface area contributed by atoms with E-state index in [1.54, 1.807) is 12.4 Å². The van der Waals surface area contributed by atoms with Gasteiger partial charge in [-0.15, -0.1) is 0 Å². The zero-order chi connectivity index (χ0) is 12.1. The highest BCUT2D eigenvalue weighted by Gasteiger charge is 2.12. The monoisotopic (exact) mass is 232 g/mol. The molecule has 88 valence electrons. The molecule has 2 rings (SSSR count). The van der Waals surface area contributed by atoms with Crippen molar-refractivity contribution >= 4 is 0 Å². The average molecular weight is 232 g/mol. The van der Waals surface area contributed by atoms with Gasteiger partial charge in [0.1, 0.15) is 5.82 Å². The SMILES string of the molecule is NNC(Cc1ccccn1)c1cncc(F)c1. The number of nitrogens with two attached hydrogens (primary N) is 1. The second kappa shape index (κ2) is 5.47. The molecule has 0 aliphatic heterocycles. The molecule has 0 aromatic carbocycles. The van der Waals surface area contributed by atoms with Crippen LogP contribution in [0.5, 0.6) is 0 Å². The van der Waals surface area contributed by atoms with E-state index in [1.807, 2.05) is 18.2 Å². The Bertz CT molecular complexity index is 475. The van der Waals surface area contributed by atoms with Crippen molar-refractivity contribution in [3.05, 3.63) is 59.9 Å². The van der Waals surface area contributed by atoms with Gasteiger partial charge in [-0.1, -0.05) is 6.07 Å². The van der Waals surface area contributed by atoms with Gasteiger partial charge in [-0.25, -0.2) is 4.39 Å². The van der Waals surface area contributed by atoms with E-state index in [1.165, 1.54) is 6.07 Å². The molecule has 0 saturated heterocycles. The average Bonchev–Trinajstić information content (AvgIpc) is 2.37. The van der Waals surface area contributed by atoms with Gasteiger partial charge < -0.3 is 0 Å². The van der Waals surface area contributed by atoms with Gasteiger partial charge in [0, 0.05) is 24.5 Å². The van der Waals surface area contributed by atoms with Crippen LogP contribution in [0.4, 0.5) is 4.39 Å². The first-order valence-electron chi connectivity index (χ1n) is 5.26. The van der Waals surface area contributed by atoms with Crippen LogP contribution in [0.3, 0.4) is 0 Å². The lowest BCUT2D eigenvalue weighted by atomic mass is 10.0. The standard InChI is InChI=1S/C12H13FN4/c13-10-5-9(7-15-8-10)12(17-14)6-11-3-1-2-4-16-11/h1-5,7-8,12,17H,6,14H2. The number of nitrogens with one attached hydrogen (secondary N) is 1. The molecule has 1 atom stereocenters. The van der Waals surface area contributed by atoms with E-state index in [0.29, 0.717) is 12.0 Å². The number of hydrogen-bond donors (Lipinski definition) is 2. The highest BCUT2D eigenvalue weighted by molar-refractivity contribution is 5.18. The van der Waals surface area contributed by atoms with Crippen LogP contribution < -0.4 is 11.3 Å². The quantitative estimate of drug-likeness (QED) is 0.617. The summed E-state index contributed by atoms with van der Waals surface area (Å²) in [7, 11) is 0. The first-order valence-corrected chi connectivity index (χ1v) is 5.26. The molecule has 1 unspecified atom stereocenters. The van der Waals surface area contributed by atoms with Crippen LogP contribution >= 0.6 is 0 Å². The molecule has 0 radical (unpaired) electrons. The van der Waals surface area contributed by atoms with Crippen molar-refractivity contribution < 1.29 is 4.39 Å². The summed E-state index contributed by atoms with van der Waals surface area (Å²) in [6, 6.07) is 6.86. The third kappa shape index (κ3) is 3.05. The molecule has 4 nitrogen and oxygen atoms in total. The molecule has 0 bridgehead atoms. The lowest BCUT2D eigenvalue weighted by molar-refractivity contribution is 0.536. The second-order valence-electron chi connectivity index (χ2n) is 3.68. The van der Waals surface area contributed by atoms with E-state index < -0.39 is 0 Å². The first kappa shape index (κ1) is 11.6. The number of halogens is 1. The predicted octanol–water partition coefficient (Wildman–Crippen LogP) is 1.36. The largest absolute Gasteiger partial charge is 0.271 e. The zero-order valence-electron chi connectivity index (χ0n) is 9.18. The normalized spacial score (nSPS) is 12.4. The van der Waals surface area contributed by atoms with Crippen LogP contribution in [0, 0.1) is 5.82 Å². The van der Waals surface area contributed by atoms with Crippen molar-refractivity contribution in [1.29, 1.82) is 0 Å². The topological polar surface area (TPSA) is 63.8 Å². The maximum Gasteiger partial charge on any atom is 0.141 e. The molecule has 2 heterocycles. The van der Waals surface area contributed by atoms with Gasteiger partial charge in [0.25, 0.3) is 0 Å². The third-order valence-corrected chi connectivity index (χ3v) is 2.47. The minimum atomic E-state index is -0.372. The van der Waals surface area contributed by atoms with Gasteiger partial charge in [-0.05, 0) is 23.8 Å². The summed E-state index contributed by atoms with van der Waals surface area (Å²) in [4.78, 5) is 8.01. The number of aromatic nitrogens is 2. The van der Waals surface area contributed by atoms with Crippen LogP contribution in [0.25, 0.3) is 0 Å². The molecule has 0 aliphatic carbocycles. The van der Waals surface area contributed by atoms with E-state index in [2.05, 4.69) is 15.4 Å². The molecule has 17 heavy (non-hydrogen) atoms. The molecule has 0 fully saturated rings. The smallest absolute Gasteiger partial charge is 0.141 e. The molecule has 0 saturated carbocycles. The Balaban J connectivity index is 2.17. The Morgan fingerprint density at radius 3 is 2.88 bits per heavy atom. The fourth-order valence-corrected chi connectivity index (χ4v) is 1.62. The Hall–Kier alpha value is -1.85. The van der Waals surface area contributed by atoms with Gasteiger partial charge >= 0.3 is 0 Å². The number of pyridine rings is 2. The van der Waals surface area contributed by atoms with E-state index >= 15 is 0 Å². The maximum absolute atomic E-state index is 13.1. The summed E-state index contributed by atoms with van der Waals surface area (Å²) in [6.45, 7) is 0. The van der Waals surface area contributed by atoms with Crippen LogP contribution in [-0.4, -0.2) is 9.97 Å². The van der Waals surface area contributed by atoms with E-state index in [9.17, 15) is 4.39 Å². The molecule has 2 aromatic rings. The van der Waals surface area contributed by atoms with E-state index in [4.69, 9.17) is 5.84 Å². The Labute approximate surface area is 98.7 Å². The highest BCUT2D eigenvalue weighted by atomic mass is 19.1. The molecule has 0 aliphatic rings. The molecule has 3 N–H and O–H groups in total. The van der Waals surface area contributed by atoms with Crippen molar-refractivity contribution in [3.8, 4) is 0 Å². The van der Waals surface area contributed by atoms with Gasteiger partial charge in [0.15, 0.2) is 0 Å². The summed E-state index contributed by atoms with van der Waals surface area (Å²) < 4.78 is 13.1. The second-order valence-corrected chi connectivity index (χ2v) is 3.68. The van der Waals surface area contributed by atoms with Crippen LogP contribution in [0.1, 0.15) is 17.3 Å². The zero-order valence-corrected chi connectivity index (χ0v) is 9.18. The Morgan fingerprint density at radius 1 is 1.35 bits per heavy atom. The van der Waals surface area contributed by atoms with E-state index in [0.717, 1.165) is 11.9 Å². The molecular weight excluding hydrogens is 219 g/mol. The van der Waals surface area contributed by atoms with Crippen molar-refractivity contribution in [2.24, 2.45) is 5.84 Å². The van der Waals surface area contributed by atoms with Crippen LogP contribution in [-0.2, 0) is 6.42 Å². The Kier molecular flexibility index (Phi) is 3.74. The van der Waals surface area contributed by atoms with Crippen molar-refractivity contribution in [2.75, 3.05) is 0 Å². The van der Waals surface area contributed by atoms with Crippen molar-refractivity contribution in [3.63, 3.8) is 0 Å². The minimum Gasteiger partial charge on any atom is -0.271 e. The number of rotatable bonds is 4. The minimum absolute atomic E-state index is 0.201. The molecular formula is C12H13FN4.